The monoisotopic (exact) mass is 412 g/mol. The molecule has 2 heterocycles. The number of hydrogen-bond donors (Lipinski definition) is 0. The summed E-state index contributed by atoms with van der Waals surface area (Å²) in [6.07, 6.45) is 5.67. The number of rotatable bonds is 3. The predicted molar refractivity (Wildman–Crippen MR) is 104 cm³/mol. The topological polar surface area (TPSA) is 57.7 Å². The Bertz CT molecular complexity index is 774. The van der Waals surface area contributed by atoms with Gasteiger partial charge in [0.05, 0.1) is 15.0 Å². The fourth-order valence-electron chi connectivity index (χ4n) is 2.96. The maximum atomic E-state index is 12.6. The van der Waals surface area contributed by atoms with Gasteiger partial charge in [0.25, 0.3) is 11.1 Å². The highest BCUT2D eigenvalue weighted by Gasteiger charge is 2.37. The van der Waals surface area contributed by atoms with Gasteiger partial charge in [-0.15, -0.1) is 0 Å². The van der Waals surface area contributed by atoms with Gasteiger partial charge in [-0.1, -0.05) is 48.2 Å². The molecule has 2 aliphatic heterocycles. The van der Waals surface area contributed by atoms with Crippen molar-refractivity contribution in [1.82, 2.24) is 9.80 Å². The summed E-state index contributed by atoms with van der Waals surface area (Å²) in [6, 6.07) is 5.07. The predicted octanol–water partition coefficient (Wildman–Crippen LogP) is 4.43. The van der Waals surface area contributed by atoms with E-state index in [4.69, 9.17) is 23.2 Å². The first-order valence-electron chi connectivity index (χ1n) is 8.44. The lowest BCUT2D eigenvalue weighted by atomic mass is 10.2. The number of amides is 3. The van der Waals surface area contributed by atoms with E-state index in [1.165, 1.54) is 6.08 Å². The number of carbonyl (C=O) groups excluding carboxylic acids is 3. The molecule has 3 amide bonds. The summed E-state index contributed by atoms with van der Waals surface area (Å²) in [5.74, 6) is -0.657. The van der Waals surface area contributed by atoms with Crippen molar-refractivity contribution in [1.29, 1.82) is 0 Å². The van der Waals surface area contributed by atoms with Gasteiger partial charge >= 0.3 is 0 Å². The molecule has 0 saturated carbocycles. The summed E-state index contributed by atoms with van der Waals surface area (Å²) < 4.78 is 0. The molecule has 3 rings (SSSR count). The van der Waals surface area contributed by atoms with Gasteiger partial charge in [0.15, 0.2) is 0 Å². The molecule has 138 valence electrons. The van der Waals surface area contributed by atoms with Gasteiger partial charge in [0, 0.05) is 13.1 Å². The molecule has 0 radical (unpaired) electrons. The van der Waals surface area contributed by atoms with E-state index >= 15 is 0 Å². The summed E-state index contributed by atoms with van der Waals surface area (Å²) >= 11 is 12.9. The Labute approximate surface area is 166 Å². The van der Waals surface area contributed by atoms with Crippen molar-refractivity contribution in [3.8, 4) is 0 Å². The number of likely N-dealkylation sites (tertiary alicyclic amines) is 1. The Balaban J connectivity index is 1.73. The molecule has 2 saturated heterocycles. The summed E-state index contributed by atoms with van der Waals surface area (Å²) in [7, 11) is 0. The van der Waals surface area contributed by atoms with Gasteiger partial charge in [-0.05, 0) is 42.3 Å². The van der Waals surface area contributed by atoms with Crippen molar-refractivity contribution in [3.63, 3.8) is 0 Å². The zero-order chi connectivity index (χ0) is 18.7. The van der Waals surface area contributed by atoms with Crippen molar-refractivity contribution >= 4 is 58.1 Å². The fraction of sp³-hybridized carbons (Fsp3) is 0.389. The van der Waals surface area contributed by atoms with E-state index in [-0.39, 0.29) is 17.4 Å². The first-order valence-corrected chi connectivity index (χ1v) is 10.0. The third-order valence-electron chi connectivity index (χ3n) is 4.39. The summed E-state index contributed by atoms with van der Waals surface area (Å²) in [4.78, 5) is 40.3. The minimum atomic E-state index is -0.473. The van der Waals surface area contributed by atoms with Gasteiger partial charge in [0.1, 0.15) is 6.54 Å². The molecule has 1 aromatic rings. The fourth-order valence-corrected chi connectivity index (χ4v) is 4.16. The Morgan fingerprint density at radius 1 is 1.12 bits per heavy atom. The second kappa shape index (κ2) is 8.46. The largest absolute Gasteiger partial charge is 0.341 e. The van der Waals surface area contributed by atoms with Crippen LogP contribution < -0.4 is 0 Å². The van der Waals surface area contributed by atoms with Gasteiger partial charge in [-0.25, -0.2) is 0 Å². The first kappa shape index (κ1) is 19.3. The standard InChI is InChI=1S/C18H18Cl2N2O3S/c19-13-7-5-6-12(16(13)20)10-14-17(24)22(18(25)26-14)11-15(23)21-8-3-1-2-4-9-21/h5-7,10H,1-4,8-9,11H2/b14-10-. The molecular formula is C18H18Cl2N2O3S. The minimum absolute atomic E-state index is 0.184. The van der Waals surface area contributed by atoms with Crippen LogP contribution in [0, 0.1) is 0 Å². The highest BCUT2D eigenvalue weighted by molar-refractivity contribution is 8.18. The molecule has 2 aliphatic rings. The summed E-state index contributed by atoms with van der Waals surface area (Å²) in [5, 5.41) is 0.250. The van der Waals surface area contributed by atoms with Crippen LogP contribution in [0.4, 0.5) is 4.79 Å². The molecular weight excluding hydrogens is 395 g/mol. The number of nitrogens with zero attached hydrogens (tertiary/aromatic N) is 2. The van der Waals surface area contributed by atoms with Crippen molar-refractivity contribution in [2.45, 2.75) is 25.7 Å². The normalized spacial score (nSPS) is 20.0. The lowest BCUT2D eigenvalue weighted by Crippen LogP contribution is -2.42. The van der Waals surface area contributed by atoms with Crippen molar-refractivity contribution in [2.75, 3.05) is 19.6 Å². The zero-order valence-electron chi connectivity index (χ0n) is 14.0. The van der Waals surface area contributed by atoms with Crippen LogP contribution in [0.15, 0.2) is 23.1 Å². The highest BCUT2D eigenvalue weighted by Crippen LogP contribution is 2.35. The molecule has 26 heavy (non-hydrogen) atoms. The van der Waals surface area contributed by atoms with E-state index in [1.54, 1.807) is 23.1 Å². The molecule has 0 unspecified atom stereocenters. The quantitative estimate of drug-likeness (QED) is 0.688. The van der Waals surface area contributed by atoms with E-state index in [0.29, 0.717) is 28.7 Å². The second-order valence-electron chi connectivity index (χ2n) is 6.21. The molecule has 5 nitrogen and oxygen atoms in total. The lowest BCUT2D eigenvalue weighted by molar-refractivity contribution is -0.135. The molecule has 2 fully saturated rings. The molecule has 0 bridgehead atoms. The first-order chi connectivity index (χ1) is 12.5. The van der Waals surface area contributed by atoms with E-state index in [9.17, 15) is 14.4 Å². The maximum Gasteiger partial charge on any atom is 0.294 e. The molecule has 0 N–H and O–H groups in total. The van der Waals surface area contributed by atoms with E-state index < -0.39 is 11.1 Å². The SMILES string of the molecule is O=C(CN1C(=O)S/C(=C\c2cccc(Cl)c2Cl)C1=O)N1CCCCCC1. The van der Waals surface area contributed by atoms with Crippen LogP contribution in [0.5, 0.6) is 0 Å². The molecule has 0 aliphatic carbocycles. The lowest BCUT2D eigenvalue weighted by Gasteiger charge is -2.22. The number of halogens is 2. The molecule has 0 aromatic heterocycles. The summed E-state index contributed by atoms with van der Waals surface area (Å²) in [6.45, 7) is 1.15. The van der Waals surface area contributed by atoms with Crippen LogP contribution >= 0.6 is 35.0 Å². The number of hydrogen-bond acceptors (Lipinski definition) is 4. The smallest absolute Gasteiger partial charge is 0.294 e. The van der Waals surface area contributed by atoms with Crippen molar-refractivity contribution in [3.05, 3.63) is 38.7 Å². The summed E-state index contributed by atoms with van der Waals surface area (Å²) in [5.41, 5.74) is 0.559. The molecule has 0 spiro atoms. The molecule has 8 heteroatoms. The third kappa shape index (κ3) is 4.24. The van der Waals surface area contributed by atoms with Crippen molar-refractivity contribution < 1.29 is 14.4 Å². The van der Waals surface area contributed by atoms with Crippen molar-refractivity contribution in [2.24, 2.45) is 0 Å². The minimum Gasteiger partial charge on any atom is -0.341 e. The van der Waals surface area contributed by atoms with Gasteiger partial charge in [-0.3, -0.25) is 19.3 Å². The number of benzene rings is 1. The Kier molecular flexibility index (Phi) is 6.27. The van der Waals surface area contributed by atoms with E-state index in [1.807, 2.05) is 0 Å². The van der Waals surface area contributed by atoms with Gasteiger partial charge in [0.2, 0.25) is 5.91 Å². The van der Waals surface area contributed by atoms with Crippen LogP contribution in [0.1, 0.15) is 31.2 Å². The number of carbonyl (C=O) groups is 3. The van der Waals surface area contributed by atoms with Crippen LogP contribution in [-0.4, -0.2) is 46.5 Å². The maximum absolute atomic E-state index is 12.6. The van der Waals surface area contributed by atoms with E-state index in [2.05, 4.69) is 0 Å². The van der Waals surface area contributed by atoms with E-state index in [0.717, 1.165) is 42.3 Å². The number of thioether (sulfide) groups is 1. The van der Waals surface area contributed by atoms with Crippen LogP contribution in [0.3, 0.4) is 0 Å². The van der Waals surface area contributed by atoms with Crippen LogP contribution in [0.25, 0.3) is 6.08 Å². The zero-order valence-corrected chi connectivity index (χ0v) is 16.4. The Morgan fingerprint density at radius 3 is 2.50 bits per heavy atom. The number of imide groups is 1. The highest BCUT2D eigenvalue weighted by atomic mass is 35.5. The third-order valence-corrected chi connectivity index (χ3v) is 6.13. The Hall–Kier alpha value is -1.50. The van der Waals surface area contributed by atoms with Crippen LogP contribution in [-0.2, 0) is 9.59 Å². The van der Waals surface area contributed by atoms with Gasteiger partial charge in [-0.2, -0.15) is 0 Å². The average Bonchev–Trinajstić information content (AvgIpc) is 2.83. The second-order valence-corrected chi connectivity index (χ2v) is 7.98. The van der Waals surface area contributed by atoms with Gasteiger partial charge < -0.3 is 4.90 Å². The van der Waals surface area contributed by atoms with Crippen LogP contribution in [0.2, 0.25) is 10.0 Å². The average molecular weight is 413 g/mol. The molecule has 0 atom stereocenters. The Morgan fingerprint density at radius 2 is 1.81 bits per heavy atom. The molecule has 1 aromatic carbocycles.